The van der Waals surface area contributed by atoms with Gasteiger partial charge in [0, 0.05) is 22.9 Å². The standard InChI is InChI=1S/C18H17NO.ClH/c1-19-16-11-15(16)13-7-3-4-8-14(13)18-10-12-6-2-5-9-17(12)20-18;/h2-10,15-16,19H,11H2,1H3;1H/t15-,16+;/m0./s1. The number of para-hydroxylation sites is 1. The number of benzene rings is 2. The SMILES string of the molecule is CN[C@@H]1C[C@H]1c1ccccc1-c1cc2ccccc2o1.Cl. The van der Waals surface area contributed by atoms with Crippen LogP contribution in [0.15, 0.2) is 59.0 Å². The molecule has 2 atom stereocenters. The second-order valence-corrected chi connectivity index (χ2v) is 5.47. The van der Waals surface area contributed by atoms with Crippen molar-refractivity contribution in [3.63, 3.8) is 0 Å². The Hall–Kier alpha value is -1.77. The van der Waals surface area contributed by atoms with E-state index in [0.717, 1.165) is 11.3 Å². The second kappa shape index (κ2) is 5.55. The maximum atomic E-state index is 6.02. The molecule has 1 fully saturated rings. The molecule has 1 aromatic heterocycles. The maximum Gasteiger partial charge on any atom is 0.135 e. The number of halogens is 1. The summed E-state index contributed by atoms with van der Waals surface area (Å²) in [5, 5.41) is 4.53. The summed E-state index contributed by atoms with van der Waals surface area (Å²) in [7, 11) is 2.04. The first-order chi connectivity index (χ1) is 9.86. The Balaban J connectivity index is 0.00000132. The summed E-state index contributed by atoms with van der Waals surface area (Å²) < 4.78 is 6.02. The van der Waals surface area contributed by atoms with Crippen molar-refractivity contribution in [2.75, 3.05) is 7.05 Å². The highest BCUT2D eigenvalue weighted by Crippen LogP contribution is 2.45. The second-order valence-electron chi connectivity index (χ2n) is 5.47. The monoisotopic (exact) mass is 299 g/mol. The molecule has 3 aromatic rings. The van der Waals surface area contributed by atoms with Crippen molar-refractivity contribution < 1.29 is 4.42 Å². The van der Waals surface area contributed by atoms with Crippen molar-refractivity contribution in [3.05, 3.63) is 60.2 Å². The molecule has 1 heterocycles. The van der Waals surface area contributed by atoms with Gasteiger partial charge in [0.2, 0.25) is 0 Å². The van der Waals surface area contributed by atoms with Crippen molar-refractivity contribution in [1.29, 1.82) is 0 Å². The quantitative estimate of drug-likeness (QED) is 0.765. The molecule has 0 spiro atoms. The van der Waals surface area contributed by atoms with Gasteiger partial charge in [0.15, 0.2) is 0 Å². The van der Waals surface area contributed by atoms with E-state index in [2.05, 4.69) is 41.7 Å². The smallest absolute Gasteiger partial charge is 0.135 e. The molecule has 2 aromatic carbocycles. The Labute approximate surface area is 130 Å². The zero-order valence-corrected chi connectivity index (χ0v) is 12.7. The van der Waals surface area contributed by atoms with E-state index in [0.29, 0.717) is 12.0 Å². The van der Waals surface area contributed by atoms with Gasteiger partial charge in [-0.15, -0.1) is 12.4 Å². The van der Waals surface area contributed by atoms with Crippen LogP contribution in [0.4, 0.5) is 0 Å². The van der Waals surface area contributed by atoms with Crippen LogP contribution in [0, 0.1) is 0 Å². The molecule has 1 aliphatic carbocycles. The molecule has 4 rings (SSSR count). The van der Waals surface area contributed by atoms with E-state index in [4.69, 9.17) is 4.42 Å². The van der Waals surface area contributed by atoms with E-state index in [1.165, 1.54) is 22.9 Å². The summed E-state index contributed by atoms with van der Waals surface area (Å²) in [6.07, 6.45) is 1.22. The largest absolute Gasteiger partial charge is 0.456 e. The fourth-order valence-electron chi connectivity index (χ4n) is 3.02. The average Bonchev–Trinajstić information content (AvgIpc) is 3.16. The minimum Gasteiger partial charge on any atom is -0.456 e. The fraction of sp³-hybridized carbons (Fsp3) is 0.222. The van der Waals surface area contributed by atoms with Crippen LogP contribution in [0.1, 0.15) is 17.9 Å². The average molecular weight is 300 g/mol. The molecule has 0 amide bonds. The summed E-state index contributed by atoms with van der Waals surface area (Å²) >= 11 is 0. The minimum atomic E-state index is 0. The van der Waals surface area contributed by atoms with Gasteiger partial charge in [0.1, 0.15) is 11.3 Å². The molecule has 0 bridgehead atoms. The zero-order valence-electron chi connectivity index (χ0n) is 11.9. The Bertz CT molecular complexity index is 732. The van der Waals surface area contributed by atoms with Gasteiger partial charge >= 0.3 is 0 Å². The molecular formula is C18H18ClNO. The first-order valence-electron chi connectivity index (χ1n) is 7.12. The van der Waals surface area contributed by atoms with Gasteiger partial charge < -0.3 is 9.73 Å². The molecule has 3 heteroatoms. The number of nitrogens with one attached hydrogen (secondary N) is 1. The summed E-state index contributed by atoms with van der Waals surface area (Å²) in [6, 6.07) is 19.5. The van der Waals surface area contributed by atoms with Crippen LogP contribution in [-0.2, 0) is 0 Å². The third kappa shape index (κ3) is 2.45. The lowest BCUT2D eigenvalue weighted by Crippen LogP contribution is -2.10. The predicted octanol–water partition coefficient (Wildman–Crippen LogP) is 4.60. The van der Waals surface area contributed by atoms with Gasteiger partial charge in [-0.3, -0.25) is 0 Å². The van der Waals surface area contributed by atoms with E-state index >= 15 is 0 Å². The van der Waals surface area contributed by atoms with E-state index in [-0.39, 0.29) is 12.4 Å². The zero-order chi connectivity index (χ0) is 13.5. The molecule has 0 radical (unpaired) electrons. The van der Waals surface area contributed by atoms with E-state index in [1.807, 2.05) is 25.2 Å². The summed E-state index contributed by atoms with van der Waals surface area (Å²) in [6.45, 7) is 0. The normalized spacial score (nSPS) is 20.2. The van der Waals surface area contributed by atoms with Crippen LogP contribution < -0.4 is 5.32 Å². The first-order valence-corrected chi connectivity index (χ1v) is 7.12. The topological polar surface area (TPSA) is 25.2 Å². The molecule has 1 saturated carbocycles. The van der Waals surface area contributed by atoms with Crippen molar-refractivity contribution in [1.82, 2.24) is 5.32 Å². The van der Waals surface area contributed by atoms with E-state index in [1.54, 1.807) is 0 Å². The maximum absolute atomic E-state index is 6.02. The van der Waals surface area contributed by atoms with Crippen molar-refractivity contribution in [2.24, 2.45) is 0 Å². The Morgan fingerprint density at radius 2 is 1.81 bits per heavy atom. The number of likely N-dealkylation sites (N-methyl/N-ethyl adjacent to an activating group) is 1. The molecule has 0 unspecified atom stereocenters. The third-order valence-corrected chi connectivity index (χ3v) is 4.21. The Morgan fingerprint density at radius 3 is 2.57 bits per heavy atom. The highest BCUT2D eigenvalue weighted by Gasteiger charge is 2.38. The third-order valence-electron chi connectivity index (χ3n) is 4.21. The Kier molecular flexibility index (Phi) is 3.75. The van der Waals surface area contributed by atoms with Crippen LogP contribution in [-0.4, -0.2) is 13.1 Å². The van der Waals surface area contributed by atoms with Crippen molar-refractivity contribution in [2.45, 2.75) is 18.4 Å². The van der Waals surface area contributed by atoms with Crippen LogP contribution in [0.25, 0.3) is 22.3 Å². The molecular weight excluding hydrogens is 282 g/mol. The van der Waals surface area contributed by atoms with Gasteiger partial charge in [-0.1, -0.05) is 42.5 Å². The van der Waals surface area contributed by atoms with Gasteiger partial charge in [-0.2, -0.15) is 0 Å². The molecule has 0 saturated heterocycles. The fourth-order valence-corrected chi connectivity index (χ4v) is 3.02. The number of furan rings is 1. The summed E-state index contributed by atoms with van der Waals surface area (Å²) in [5.74, 6) is 1.59. The lowest BCUT2D eigenvalue weighted by atomic mass is 10.0. The van der Waals surface area contributed by atoms with Gasteiger partial charge in [0.25, 0.3) is 0 Å². The molecule has 21 heavy (non-hydrogen) atoms. The van der Waals surface area contributed by atoms with Gasteiger partial charge in [-0.25, -0.2) is 0 Å². The molecule has 108 valence electrons. The van der Waals surface area contributed by atoms with Gasteiger partial charge in [0.05, 0.1) is 0 Å². The number of rotatable bonds is 3. The predicted molar refractivity (Wildman–Crippen MR) is 89.1 cm³/mol. The lowest BCUT2D eigenvalue weighted by molar-refractivity contribution is 0.630. The van der Waals surface area contributed by atoms with Crippen LogP contribution in [0.2, 0.25) is 0 Å². The highest BCUT2D eigenvalue weighted by atomic mass is 35.5. The first kappa shape index (κ1) is 14.2. The lowest BCUT2D eigenvalue weighted by Gasteiger charge is -2.06. The summed E-state index contributed by atoms with van der Waals surface area (Å²) in [4.78, 5) is 0. The van der Waals surface area contributed by atoms with Crippen molar-refractivity contribution in [3.8, 4) is 11.3 Å². The highest BCUT2D eigenvalue weighted by molar-refractivity contribution is 5.85. The molecule has 0 aliphatic heterocycles. The Morgan fingerprint density at radius 1 is 1.05 bits per heavy atom. The van der Waals surface area contributed by atoms with Crippen LogP contribution in [0.5, 0.6) is 0 Å². The van der Waals surface area contributed by atoms with Crippen molar-refractivity contribution >= 4 is 23.4 Å². The van der Waals surface area contributed by atoms with E-state index < -0.39 is 0 Å². The van der Waals surface area contributed by atoms with Gasteiger partial charge in [-0.05, 0) is 31.2 Å². The minimum absolute atomic E-state index is 0. The molecule has 2 nitrogen and oxygen atoms in total. The summed E-state index contributed by atoms with van der Waals surface area (Å²) in [5.41, 5.74) is 3.58. The van der Waals surface area contributed by atoms with Crippen LogP contribution in [0.3, 0.4) is 0 Å². The molecule has 1 aliphatic rings. The number of hydrogen-bond acceptors (Lipinski definition) is 2. The molecule has 1 N–H and O–H groups in total. The van der Waals surface area contributed by atoms with Crippen LogP contribution >= 0.6 is 12.4 Å². The number of hydrogen-bond donors (Lipinski definition) is 1. The number of fused-ring (bicyclic) bond motifs is 1. The van der Waals surface area contributed by atoms with E-state index in [9.17, 15) is 0 Å².